The van der Waals surface area contributed by atoms with Gasteiger partial charge in [0.25, 0.3) is 5.91 Å². The maximum atomic E-state index is 12.2. The van der Waals surface area contributed by atoms with E-state index in [2.05, 4.69) is 20.5 Å². The van der Waals surface area contributed by atoms with Crippen LogP contribution in [0.3, 0.4) is 0 Å². The molecular weight excluding hydrogens is 380 g/mol. The molecule has 1 aliphatic heterocycles. The van der Waals surface area contributed by atoms with Crippen molar-refractivity contribution in [2.45, 2.75) is 13.0 Å². The number of thiazole rings is 1. The molecule has 2 amide bonds. The fraction of sp³-hybridized carbons (Fsp3) is 0.421. The Bertz CT molecular complexity index is 805. The van der Waals surface area contributed by atoms with E-state index in [9.17, 15) is 9.59 Å². The van der Waals surface area contributed by atoms with Gasteiger partial charge in [0, 0.05) is 38.0 Å². The highest BCUT2D eigenvalue weighted by atomic mass is 32.1. The number of para-hydroxylation sites is 1. The molecule has 0 unspecified atom stereocenters. The molecule has 28 heavy (non-hydrogen) atoms. The molecule has 0 radical (unpaired) electrons. The van der Waals surface area contributed by atoms with Gasteiger partial charge in [-0.1, -0.05) is 12.1 Å². The molecule has 1 saturated heterocycles. The number of methoxy groups -OCH3 is 1. The van der Waals surface area contributed by atoms with Crippen LogP contribution in [0.5, 0.6) is 5.75 Å². The van der Waals surface area contributed by atoms with Crippen molar-refractivity contribution in [3.8, 4) is 5.75 Å². The topological polar surface area (TPSA) is 92.8 Å². The van der Waals surface area contributed by atoms with Crippen molar-refractivity contribution in [2.24, 2.45) is 0 Å². The normalized spacial score (nSPS) is 14.5. The standard InChI is InChI=1S/C19H24N4O4S/c1-26-16-5-3-2-4-15(16)18(25)20-7-6-17(24)22-19-21-14(13-28-19)12-23-8-10-27-11-9-23/h2-5,13H,6-12H2,1H3,(H,20,25)(H,21,22,24). The Hall–Kier alpha value is -2.49. The lowest BCUT2D eigenvalue weighted by molar-refractivity contribution is -0.116. The van der Waals surface area contributed by atoms with E-state index in [-0.39, 0.29) is 24.8 Å². The number of morpholine rings is 1. The number of amides is 2. The SMILES string of the molecule is COc1ccccc1C(=O)NCCC(=O)Nc1nc(CN2CCOCC2)cs1. The smallest absolute Gasteiger partial charge is 0.255 e. The predicted octanol–water partition coefficient (Wildman–Crippen LogP) is 1.74. The number of ether oxygens (including phenoxy) is 2. The van der Waals surface area contributed by atoms with Crippen molar-refractivity contribution in [1.82, 2.24) is 15.2 Å². The monoisotopic (exact) mass is 404 g/mol. The summed E-state index contributed by atoms with van der Waals surface area (Å²) in [7, 11) is 1.51. The van der Waals surface area contributed by atoms with Crippen LogP contribution in [0.4, 0.5) is 5.13 Å². The number of benzene rings is 1. The highest BCUT2D eigenvalue weighted by molar-refractivity contribution is 7.13. The maximum absolute atomic E-state index is 12.2. The highest BCUT2D eigenvalue weighted by Gasteiger charge is 2.14. The molecule has 1 aromatic carbocycles. The number of rotatable bonds is 8. The van der Waals surface area contributed by atoms with Crippen molar-refractivity contribution < 1.29 is 19.1 Å². The molecule has 9 heteroatoms. The van der Waals surface area contributed by atoms with Crippen molar-refractivity contribution >= 4 is 28.3 Å². The van der Waals surface area contributed by atoms with Crippen LogP contribution in [0.15, 0.2) is 29.6 Å². The average molecular weight is 404 g/mol. The third-order valence-electron chi connectivity index (χ3n) is 4.28. The van der Waals surface area contributed by atoms with Crippen LogP contribution in [-0.2, 0) is 16.1 Å². The van der Waals surface area contributed by atoms with E-state index in [0.29, 0.717) is 16.4 Å². The van der Waals surface area contributed by atoms with Crippen molar-refractivity contribution in [2.75, 3.05) is 45.3 Å². The van der Waals surface area contributed by atoms with E-state index in [4.69, 9.17) is 9.47 Å². The Balaban J connectivity index is 1.41. The first-order valence-electron chi connectivity index (χ1n) is 9.11. The predicted molar refractivity (Wildman–Crippen MR) is 107 cm³/mol. The van der Waals surface area contributed by atoms with Crippen LogP contribution in [-0.4, -0.2) is 61.7 Å². The minimum Gasteiger partial charge on any atom is -0.496 e. The molecule has 1 aliphatic rings. The van der Waals surface area contributed by atoms with E-state index in [0.717, 1.165) is 38.5 Å². The molecule has 3 rings (SSSR count). The van der Waals surface area contributed by atoms with Gasteiger partial charge in [0.1, 0.15) is 5.75 Å². The third-order valence-corrected chi connectivity index (χ3v) is 5.08. The Morgan fingerprint density at radius 2 is 2.07 bits per heavy atom. The van der Waals surface area contributed by atoms with Gasteiger partial charge in [0.05, 0.1) is 31.6 Å². The van der Waals surface area contributed by atoms with E-state index in [1.165, 1.54) is 18.4 Å². The lowest BCUT2D eigenvalue weighted by Crippen LogP contribution is -2.35. The molecule has 2 heterocycles. The maximum Gasteiger partial charge on any atom is 0.255 e. The van der Waals surface area contributed by atoms with Gasteiger partial charge in [0.2, 0.25) is 5.91 Å². The second-order valence-electron chi connectivity index (χ2n) is 6.29. The van der Waals surface area contributed by atoms with Gasteiger partial charge in [-0.05, 0) is 12.1 Å². The first-order valence-corrected chi connectivity index (χ1v) is 9.99. The summed E-state index contributed by atoms with van der Waals surface area (Å²) < 4.78 is 10.5. The van der Waals surface area contributed by atoms with Gasteiger partial charge in [-0.3, -0.25) is 14.5 Å². The zero-order valence-electron chi connectivity index (χ0n) is 15.8. The zero-order valence-corrected chi connectivity index (χ0v) is 16.6. The molecule has 1 aromatic heterocycles. The summed E-state index contributed by atoms with van der Waals surface area (Å²) >= 11 is 1.40. The first kappa shape index (κ1) is 20.2. The number of anilines is 1. The largest absolute Gasteiger partial charge is 0.496 e. The van der Waals surface area contributed by atoms with Crippen molar-refractivity contribution in [3.05, 3.63) is 40.9 Å². The number of carbonyl (C=O) groups excluding carboxylic acids is 2. The molecule has 0 bridgehead atoms. The van der Waals surface area contributed by atoms with E-state index >= 15 is 0 Å². The molecular formula is C19H24N4O4S. The molecule has 0 aliphatic carbocycles. The molecule has 8 nitrogen and oxygen atoms in total. The lowest BCUT2D eigenvalue weighted by Gasteiger charge is -2.25. The van der Waals surface area contributed by atoms with Crippen molar-refractivity contribution in [1.29, 1.82) is 0 Å². The Morgan fingerprint density at radius 1 is 1.29 bits per heavy atom. The third kappa shape index (κ3) is 5.75. The van der Waals surface area contributed by atoms with Gasteiger partial charge in [-0.2, -0.15) is 0 Å². The van der Waals surface area contributed by atoms with Gasteiger partial charge in [0.15, 0.2) is 5.13 Å². The first-order chi connectivity index (χ1) is 13.7. The summed E-state index contributed by atoms with van der Waals surface area (Å²) in [6, 6.07) is 6.96. The van der Waals surface area contributed by atoms with Crippen LogP contribution >= 0.6 is 11.3 Å². The molecule has 0 atom stereocenters. The lowest BCUT2D eigenvalue weighted by atomic mass is 10.2. The summed E-state index contributed by atoms with van der Waals surface area (Å²) in [6.45, 7) is 4.26. The minimum absolute atomic E-state index is 0.166. The summed E-state index contributed by atoms with van der Waals surface area (Å²) in [6.07, 6.45) is 0.166. The van der Waals surface area contributed by atoms with Crippen molar-refractivity contribution in [3.63, 3.8) is 0 Å². The summed E-state index contributed by atoms with van der Waals surface area (Å²) in [4.78, 5) is 31.0. The fourth-order valence-electron chi connectivity index (χ4n) is 2.82. The Kier molecular flexibility index (Phi) is 7.35. The van der Waals surface area contributed by atoms with E-state index in [1.54, 1.807) is 24.3 Å². The van der Waals surface area contributed by atoms with Gasteiger partial charge in [-0.25, -0.2) is 4.98 Å². The fourth-order valence-corrected chi connectivity index (χ4v) is 3.54. The quantitative estimate of drug-likeness (QED) is 0.696. The van der Waals surface area contributed by atoms with Crippen LogP contribution in [0, 0.1) is 0 Å². The molecule has 0 saturated carbocycles. The summed E-state index contributed by atoms with van der Waals surface area (Å²) in [5.41, 5.74) is 1.38. The highest BCUT2D eigenvalue weighted by Crippen LogP contribution is 2.18. The average Bonchev–Trinajstić information content (AvgIpc) is 3.15. The minimum atomic E-state index is -0.271. The zero-order chi connectivity index (χ0) is 19.8. The molecule has 2 N–H and O–H groups in total. The number of nitrogens with one attached hydrogen (secondary N) is 2. The molecule has 2 aromatic rings. The number of carbonyl (C=O) groups is 2. The Morgan fingerprint density at radius 3 is 2.86 bits per heavy atom. The van der Waals surface area contributed by atoms with Crippen LogP contribution in [0.1, 0.15) is 22.5 Å². The summed E-state index contributed by atoms with van der Waals surface area (Å²) in [5, 5.41) is 8.05. The molecule has 0 spiro atoms. The van der Waals surface area contributed by atoms with Crippen LogP contribution in [0.25, 0.3) is 0 Å². The van der Waals surface area contributed by atoms with Crippen LogP contribution < -0.4 is 15.4 Å². The van der Waals surface area contributed by atoms with E-state index < -0.39 is 0 Å². The van der Waals surface area contributed by atoms with Crippen LogP contribution in [0.2, 0.25) is 0 Å². The number of hydrogen-bond acceptors (Lipinski definition) is 7. The van der Waals surface area contributed by atoms with Gasteiger partial charge in [-0.15, -0.1) is 11.3 Å². The van der Waals surface area contributed by atoms with Gasteiger partial charge >= 0.3 is 0 Å². The number of hydrogen-bond donors (Lipinski definition) is 2. The Labute approximate surface area is 167 Å². The second-order valence-corrected chi connectivity index (χ2v) is 7.14. The number of nitrogens with zero attached hydrogens (tertiary/aromatic N) is 2. The summed E-state index contributed by atoms with van der Waals surface area (Å²) in [5.74, 6) is 0.0416. The molecule has 1 fully saturated rings. The van der Waals surface area contributed by atoms with E-state index in [1.807, 2.05) is 5.38 Å². The number of aromatic nitrogens is 1. The second kappa shape index (κ2) is 10.2. The van der Waals surface area contributed by atoms with Gasteiger partial charge < -0.3 is 20.1 Å². The molecule has 150 valence electrons.